The number of rotatable bonds is 1. The number of hydrogen-bond donors (Lipinski definition) is 1. The highest BCUT2D eigenvalue weighted by atomic mass is 16.7. The normalized spacial score (nSPS) is 13.4. The molecule has 0 atom stereocenters. The number of hydrogen-bond acceptors (Lipinski definition) is 3. The van der Waals surface area contributed by atoms with Crippen LogP contribution in [0.25, 0.3) is 12.4 Å². The molecule has 1 aromatic rings. The van der Waals surface area contributed by atoms with Gasteiger partial charge in [0.2, 0.25) is 0 Å². The molecule has 1 heterocycles. The van der Waals surface area contributed by atoms with Crippen LogP contribution in [0, 0.1) is 10.1 Å². The minimum atomic E-state index is -0.521. The third-order valence-electron chi connectivity index (χ3n) is 1.79. The van der Waals surface area contributed by atoms with Gasteiger partial charge >= 0.3 is 0 Å². The van der Waals surface area contributed by atoms with Crippen molar-refractivity contribution in [3.8, 4) is 0 Å². The summed E-state index contributed by atoms with van der Waals surface area (Å²) in [5, 5.41) is 12.5. The summed E-state index contributed by atoms with van der Waals surface area (Å²) in [5.41, 5.74) is 2.53. The molecule has 1 aromatic carbocycles. The van der Waals surface area contributed by atoms with Crippen LogP contribution in [0.3, 0.4) is 0 Å². The topological polar surface area (TPSA) is 58.4 Å². The van der Waals surface area contributed by atoms with Crippen LogP contribution in [-0.2, 0) is 0 Å². The van der Waals surface area contributed by atoms with Crippen molar-refractivity contribution in [2.75, 3.05) is 0 Å². The molecule has 0 saturated heterocycles. The first-order chi connectivity index (χ1) is 6.27. The molecule has 0 aromatic heterocycles. The molecule has 13 heavy (non-hydrogen) atoms. The van der Waals surface area contributed by atoms with Crippen molar-refractivity contribution >= 4 is 12.4 Å². The third-order valence-corrected chi connectivity index (χ3v) is 1.79. The molecule has 1 N–H and O–H groups in total. The summed E-state index contributed by atoms with van der Waals surface area (Å²) >= 11 is 0. The lowest BCUT2D eigenvalue weighted by molar-refractivity contribution is -0.642. The van der Waals surface area contributed by atoms with Crippen LogP contribution in [0.4, 0.5) is 0 Å². The Balaban J connectivity index is 2.55. The van der Waals surface area contributed by atoms with E-state index in [0.717, 1.165) is 15.6 Å². The van der Waals surface area contributed by atoms with E-state index in [0.29, 0.717) is 0 Å². The Morgan fingerprint density at radius 3 is 2.69 bits per heavy atom. The first-order valence-electron chi connectivity index (χ1n) is 3.74. The van der Waals surface area contributed by atoms with Gasteiger partial charge < -0.3 is 0 Å². The summed E-state index contributed by atoms with van der Waals surface area (Å²) in [6.07, 6.45) is 3.04. The number of benzene rings is 1. The van der Waals surface area contributed by atoms with E-state index in [1.165, 1.54) is 6.20 Å². The molecular weight excluding hydrogens is 170 g/mol. The Morgan fingerprint density at radius 1 is 1.31 bits per heavy atom. The van der Waals surface area contributed by atoms with E-state index in [1.54, 1.807) is 6.20 Å². The fourth-order valence-electron chi connectivity index (χ4n) is 1.16. The molecule has 1 aliphatic rings. The second-order valence-electron chi connectivity index (χ2n) is 2.61. The van der Waals surface area contributed by atoms with Crippen molar-refractivity contribution in [3.05, 3.63) is 44.8 Å². The molecule has 0 aliphatic carbocycles. The third kappa shape index (κ3) is 1.31. The predicted octanol–water partition coefficient (Wildman–Crippen LogP) is -0.826. The molecular formula is C8H7N3O2. The number of nitro groups is 1. The van der Waals surface area contributed by atoms with Crippen LogP contribution in [0.1, 0.15) is 0 Å². The Hall–Kier alpha value is -2.04. The van der Waals surface area contributed by atoms with Gasteiger partial charge in [0.15, 0.2) is 5.03 Å². The molecule has 0 saturated carbocycles. The van der Waals surface area contributed by atoms with Gasteiger partial charge in [0.1, 0.15) is 6.20 Å². The maximum absolute atomic E-state index is 10.4. The molecule has 0 radical (unpaired) electrons. The summed E-state index contributed by atoms with van der Waals surface area (Å²) in [6, 6.07) is 7.43. The fraction of sp³-hybridized carbons (Fsp3) is 0. The summed E-state index contributed by atoms with van der Waals surface area (Å²) < 4.78 is 0. The number of fused-ring (bicyclic) bond motifs is 1. The largest absolute Gasteiger partial charge is 0.248 e. The quantitative estimate of drug-likeness (QED) is 0.449. The van der Waals surface area contributed by atoms with E-state index in [2.05, 4.69) is 5.43 Å². The molecule has 0 bridgehead atoms. The second-order valence-corrected chi connectivity index (χ2v) is 2.61. The number of hydrazine groups is 2. The number of nitrogens with one attached hydrogen (secondary N) is 1. The average Bonchev–Trinajstić information content (AvgIpc) is 2.17. The van der Waals surface area contributed by atoms with Crippen molar-refractivity contribution in [2.45, 2.75) is 0 Å². The summed E-state index contributed by atoms with van der Waals surface area (Å²) in [7, 11) is 0. The summed E-state index contributed by atoms with van der Waals surface area (Å²) in [5.74, 6) is 0. The van der Waals surface area contributed by atoms with Crippen LogP contribution in [0.15, 0.2) is 24.3 Å². The first-order valence-corrected chi connectivity index (χ1v) is 3.74. The monoisotopic (exact) mass is 177 g/mol. The van der Waals surface area contributed by atoms with E-state index < -0.39 is 5.03 Å². The number of nitrogens with zero attached hydrogens (tertiary/aromatic N) is 2. The van der Waals surface area contributed by atoms with Gasteiger partial charge in [-0.2, -0.15) is 0 Å². The first kappa shape index (κ1) is 7.60. The van der Waals surface area contributed by atoms with Crippen molar-refractivity contribution in [1.29, 1.82) is 0 Å². The van der Waals surface area contributed by atoms with E-state index in [4.69, 9.17) is 0 Å². The van der Waals surface area contributed by atoms with E-state index in [1.807, 2.05) is 24.3 Å². The SMILES string of the molecule is O=[N+]([O-])N1C=c2ccccc2=CN1. The molecule has 2 rings (SSSR count). The van der Waals surface area contributed by atoms with Gasteiger partial charge in [-0.25, -0.2) is 15.5 Å². The van der Waals surface area contributed by atoms with Crippen LogP contribution in [0.2, 0.25) is 0 Å². The molecule has 1 aliphatic heterocycles. The maximum Gasteiger partial charge on any atom is 0.185 e. The Morgan fingerprint density at radius 2 is 2.00 bits per heavy atom. The lowest BCUT2D eigenvalue weighted by Gasteiger charge is -2.11. The molecule has 0 unspecified atom stereocenters. The zero-order valence-electron chi connectivity index (χ0n) is 6.68. The maximum atomic E-state index is 10.4. The van der Waals surface area contributed by atoms with E-state index in [9.17, 15) is 10.1 Å². The average molecular weight is 177 g/mol. The minimum Gasteiger partial charge on any atom is -0.248 e. The molecule has 0 amide bonds. The summed E-state index contributed by atoms with van der Waals surface area (Å²) in [6.45, 7) is 0. The second kappa shape index (κ2) is 2.78. The smallest absolute Gasteiger partial charge is 0.185 e. The minimum absolute atomic E-state index is 0.521. The molecule has 5 heteroatoms. The van der Waals surface area contributed by atoms with Crippen LogP contribution >= 0.6 is 0 Å². The molecule has 66 valence electrons. The Labute approximate surface area is 73.7 Å². The van der Waals surface area contributed by atoms with Crippen molar-refractivity contribution in [3.63, 3.8) is 0 Å². The highest BCUT2D eigenvalue weighted by Crippen LogP contribution is 1.86. The summed E-state index contributed by atoms with van der Waals surface area (Å²) in [4.78, 5) is 10.4. The van der Waals surface area contributed by atoms with E-state index >= 15 is 0 Å². The zero-order valence-corrected chi connectivity index (χ0v) is 6.68. The predicted molar refractivity (Wildman–Crippen MR) is 46.6 cm³/mol. The van der Waals surface area contributed by atoms with Gasteiger partial charge in [0, 0.05) is 16.6 Å². The van der Waals surface area contributed by atoms with Gasteiger partial charge in [0.05, 0.1) is 0 Å². The van der Waals surface area contributed by atoms with Gasteiger partial charge in [-0.3, -0.25) is 0 Å². The molecule has 0 fully saturated rings. The van der Waals surface area contributed by atoms with Crippen LogP contribution < -0.4 is 15.9 Å². The van der Waals surface area contributed by atoms with Gasteiger partial charge in [-0.05, 0) is 5.12 Å². The highest BCUT2D eigenvalue weighted by Gasteiger charge is 2.10. The molecule has 5 nitrogen and oxygen atoms in total. The van der Waals surface area contributed by atoms with Crippen LogP contribution in [-0.4, -0.2) is 10.2 Å². The fourth-order valence-corrected chi connectivity index (χ4v) is 1.16. The highest BCUT2D eigenvalue weighted by molar-refractivity contribution is 5.33. The van der Waals surface area contributed by atoms with Gasteiger partial charge in [-0.1, -0.05) is 24.3 Å². The van der Waals surface area contributed by atoms with Gasteiger partial charge in [0.25, 0.3) is 0 Å². The van der Waals surface area contributed by atoms with Crippen molar-refractivity contribution in [2.24, 2.45) is 0 Å². The van der Waals surface area contributed by atoms with Crippen molar-refractivity contribution in [1.82, 2.24) is 10.5 Å². The van der Waals surface area contributed by atoms with E-state index in [-0.39, 0.29) is 0 Å². The Kier molecular flexibility index (Phi) is 1.63. The van der Waals surface area contributed by atoms with Crippen molar-refractivity contribution < 1.29 is 5.03 Å². The molecule has 0 spiro atoms. The van der Waals surface area contributed by atoms with Crippen LogP contribution in [0.5, 0.6) is 0 Å². The standard InChI is InChI=1S/C8H7N3O2/c12-11(13)10-6-8-4-2-1-3-7(8)5-9-10/h1-6,9H. The zero-order chi connectivity index (χ0) is 9.26. The van der Waals surface area contributed by atoms with Gasteiger partial charge in [-0.15, -0.1) is 0 Å². The lowest BCUT2D eigenvalue weighted by atomic mass is 10.2. The lowest BCUT2D eigenvalue weighted by Crippen LogP contribution is -2.44. The Bertz CT molecular complexity index is 455.